The Labute approximate surface area is 174 Å². The smallest absolute Gasteiger partial charge is 0.345 e. The Kier molecular flexibility index (Phi) is 7.01. The van der Waals surface area contributed by atoms with E-state index in [9.17, 15) is 31.5 Å². The maximum atomic E-state index is 13.3. The topological polar surface area (TPSA) is 76.9 Å². The minimum absolute atomic E-state index is 0.178. The number of nitrogens with one attached hydrogen (secondary N) is 1. The molecule has 0 aliphatic heterocycles. The van der Waals surface area contributed by atoms with Gasteiger partial charge in [0.2, 0.25) is 0 Å². The highest BCUT2D eigenvalue weighted by molar-refractivity contribution is 5.92. The molecule has 1 aliphatic rings. The average molecular weight is 444 g/mol. The lowest BCUT2D eigenvalue weighted by molar-refractivity contribution is -0.138. The largest absolute Gasteiger partial charge is 0.418 e. The first kappa shape index (κ1) is 22.8. The molecule has 11 heteroatoms. The van der Waals surface area contributed by atoms with E-state index in [1.54, 1.807) is 0 Å². The van der Waals surface area contributed by atoms with Gasteiger partial charge in [-0.05, 0) is 37.0 Å². The number of rotatable bonds is 6. The van der Waals surface area contributed by atoms with Crippen LogP contribution in [-0.2, 0) is 12.7 Å². The molecule has 31 heavy (non-hydrogen) atoms. The molecule has 0 saturated heterocycles. The number of halogens is 5. The summed E-state index contributed by atoms with van der Waals surface area (Å²) in [6.45, 7) is -1.51. The molecular weight excluding hydrogens is 423 g/mol. The van der Waals surface area contributed by atoms with Crippen molar-refractivity contribution in [2.45, 2.75) is 57.2 Å². The third-order valence-electron chi connectivity index (χ3n) is 5.19. The number of aromatic nitrogens is 3. The standard InChI is InChI=1S/C20H21F5N4O2/c21-17(22)10-27-18(30)15-9-13(12-5-2-1-3-6-12)19(31)29(28-15)11-16-14(20(23,24)25)7-4-8-26-16/h4,7-9,12,17H,1-3,5-6,10-11H2,(H,27,30). The van der Waals surface area contributed by atoms with E-state index >= 15 is 0 Å². The summed E-state index contributed by atoms with van der Waals surface area (Å²) in [7, 11) is 0. The van der Waals surface area contributed by atoms with Crippen LogP contribution < -0.4 is 10.9 Å². The molecule has 3 rings (SSSR count). The van der Waals surface area contributed by atoms with E-state index in [2.05, 4.69) is 10.1 Å². The SMILES string of the molecule is O=C(NCC(F)F)c1cc(C2CCCCC2)c(=O)n(Cc2ncccc2C(F)(F)F)n1. The Morgan fingerprint density at radius 2 is 1.94 bits per heavy atom. The maximum Gasteiger partial charge on any atom is 0.418 e. The van der Waals surface area contributed by atoms with Crippen molar-refractivity contribution in [3.8, 4) is 0 Å². The zero-order chi connectivity index (χ0) is 22.6. The fourth-order valence-corrected chi connectivity index (χ4v) is 3.71. The summed E-state index contributed by atoms with van der Waals surface area (Å²) >= 11 is 0. The second-order valence-corrected chi connectivity index (χ2v) is 7.38. The molecule has 1 fully saturated rings. The minimum atomic E-state index is -4.69. The summed E-state index contributed by atoms with van der Waals surface area (Å²) < 4.78 is 65.7. The van der Waals surface area contributed by atoms with Crippen molar-refractivity contribution in [1.82, 2.24) is 20.1 Å². The van der Waals surface area contributed by atoms with Crippen LogP contribution in [0.5, 0.6) is 0 Å². The molecule has 6 nitrogen and oxygen atoms in total. The Balaban J connectivity index is 2.03. The number of carbonyl (C=O) groups excluding carboxylic acids is 1. The summed E-state index contributed by atoms with van der Waals surface area (Å²) in [5, 5.41) is 5.88. The fourth-order valence-electron chi connectivity index (χ4n) is 3.71. The molecule has 0 radical (unpaired) electrons. The average Bonchev–Trinajstić information content (AvgIpc) is 2.73. The Hall–Kier alpha value is -2.85. The van der Waals surface area contributed by atoms with Gasteiger partial charge in [-0.3, -0.25) is 14.6 Å². The van der Waals surface area contributed by atoms with Gasteiger partial charge in [0.1, 0.15) is 5.69 Å². The number of nitrogens with zero attached hydrogens (tertiary/aromatic N) is 3. The summed E-state index contributed by atoms with van der Waals surface area (Å²) in [4.78, 5) is 29.1. The van der Waals surface area contributed by atoms with Gasteiger partial charge in [-0.25, -0.2) is 13.5 Å². The molecule has 1 saturated carbocycles. The molecule has 0 atom stereocenters. The van der Waals surface area contributed by atoms with E-state index in [-0.39, 0.29) is 17.2 Å². The highest BCUT2D eigenvalue weighted by Crippen LogP contribution is 2.32. The third-order valence-corrected chi connectivity index (χ3v) is 5.19. The molecule has 2 aromatic heterocycles. The van der Waals surface area contributed by atoms with Crippen LogP contribution in [0, 0.1) is 0 Å². The molecule has 0 aromatic carbocycles. The van der Waals surface area contributed by atoms with Crippen molar-refractivity contribution >= 4 is 5.91 Å². The third kappa shape index (κ3) is 5.65. The van der Waals surface area contributed by atoms with Crippen LogP contribution in [0.4, 0.5) is 22.0 Å². The summed E-state index contributed by atoms with van der Waals surface area (Å²) in [5.74, 6) is -1.11. The molecule has 0 unspecified atom stereocenters. The quantitative estimate of drug-likeness (QED) is 0.689. The number of pyridine rings is 1. The van der Waals surface area contributed by atoms with Crippen LogP contribution >= 0.6 is 0 Å². The van der Waals surface area contributed by atoms with Gasteiger partial charge < -0.3 is 5.32 Å². The molecule has 168 valence electrons. The van der Waals surface area contributed by atoms with Gasteiger partial charge in [0.15, 0.2) is 0 Å². The zero-order valence-corrected chi connectivity index (χ0v) is 16.5. The van der Waals surface area contributed by atoms with E-state index in [0.717, 1.165) is 42.3 Å². The van der Waals surface area contributed by atoms with Crippen LogP contribution in [0.15, 0.2) is 29.2 Å². The molecule has 2 heterocycles. The zero-order valence-electron chi connectivity index (χ0n) is 16.5. The normalized spacial score (nSPS) is 15.3. The molecule has 2 aromatic rings. The molecule has 0 bridgehead atoms. The summed E-state index contributed by atoms with van der Waals surface area (Å²) in [6.07, 6.45) is -2.18. The number of hydrogen-bond donors (Lipinski definition) is 1. The molecule has 1 N–H and O–H groups in total. The lowest BCUT2D eigenvalue weighted by Crippen LogP contribution is -2.35. The van der Waals surface area contributed by atoms with Crippen molar-refractivity contribution in [2.24, 2.45) is 0 Å². The predicted octanol–water partition coefficient (Wildman–Crippen LogP) is 3.75. The second-order valence-electron chi connectivity index (χ2n) is 7.38. The van der Waals surface area contributed by atoms with Gasteiger partial charge >= 0.3 is 6.18 Å². The van der Waals surface area contributed by atoms with Gasteiger partial charge in [-0.1, -0.05) is 19.3 Å². The molecule has 1 aliphatic carbocycles. The predicted molar refractivity (Wildman–Crippen MR) is 101 cm³/mol. The fraction of sp³-hybridized carbons (Fsp3) is 0.500. The maximum absolute atomic E-state index is 13.3. The van der Waals surface area contributed by atoms with E-state index < -0.39 is 48.4 Å². The minimum Gasteiger partial charge on any atom is -0.345 e. The molecule has 1 amide bonds. The van der Waals surface area contributed by atoms with Gasteiger partial charge in [0.05, 0.1) is 24.3 Å². The van der Waals surface area contributed by atoms with Gasteiger partial charge in [-0.2, -0.15) is 18.3 Å². The Morgan fingerprint density at radius 1 is 1.23 bits per heavy atom. The van der Waals surface area contributed by atoms with E-state index in [4.69, 9.17) is 0 Å². The second kappa shape index (κ2) is 9.52. The first-order valence-electron chi connectivity index (χ1n) is 9.86. The van der Waals surface area contributed by atoms with Crippen molar-refractivity contribution in [3.05, 3.63) is 57.3 Å². The first-order valence-corrected chi connectivity index (χ1v) is 9.86. The van der Waals surface area contributed by atoms with E-state index in [1.165, 1.54) is 6.07 Å². The van der Waals surface area contributed by atoms with Crippen LogP contribution in [0.1, 0.15) is 65.3 Å². The lowest BCUT2D eigenvalue weighted by atomic mass is 9.84. The highest BCUT2D eigenvalue weighted by Gasteiger charge is 2.34. The summed E-state index contributed by atoms with van der Waals surface area (Å²) in [5.41, 5.74) is -2.11. The van der Waals surface area contributed by atoms with Crippen LogP contribution in [0.25, 0.3) is 0 Å². The van der Waals surface area contributed by atoms with E-state index in [0.29, 0.717) is 12.8 Å². The molecular formula is C20H21F5N4O2. The number of hydrogen-bond acceptors (Lipinski definition) is 4. The van der Waals surface area contributed by atoms with Crippen molar-refractivity contribution in [2.75, 3.05) is 6.54 Å². The van der Waals surface area contributed by atoms with Crippen molar-refractivity contribution < 1.29 is 26.7 Å². The van der Waals surface area contributed by atoms with Gasteiger partial charge in [0.25, 0.3) is 17.9 Å². The first-order chi connectivity index (χ1) is 14.7. The number of amides is 1. The Morgan fingerprint density at radius 3 is 2.58 bits per heavy atom. The van der Waals surface area contributed by atoms with E-state index in [1.807, 2.05) is 5.32 Å². The molecule has 0 spiro atoms. The monoisotopic (exact) mass is 444 g/mol. The van der Waals surface area contributed by atoms with Gasteiger partial charge in [0, 0.05) is 11.8 Å². The van der Waals surface area contributed by atoms with Gasteiger partial charge in [-0.15, -0.1) is 0 Å². The van der Waals surface area contributed by atoms with Crippen molar-refractivity contribution in [1.29, 1.82) is 0 Å². The number of alkyl halides is 5. The lowest BCUT2D eigenvalue weighted by Gasteiger charge is -2.22. The summed E-state index contributed by atoms with van der Waals surface area (Å²) in [6, 6.07) is 3.23. The number of carbonyl (C=O) groups is 1. The highest BCUT2D eigenvalue weighted by atomic mass is 19.4. The van der Waals surface area contributed by atoms with Crippen LogP contribution in [0.2, 0.25) is 0 Å². The van der Waals surface area contributed by atoms with Crippen molar-refractivity contribution in [3.63, 3.8) is 0 Å². The van der Waals surface area contributed by atoms with Crippen LogP contribution in [-0.4, -0.2) is 33.6 Å². The van der Waals surface area contributed by atoms with Crippen LogP contribution in [0.3, 0.4) is 0 Å². The Bertz CT molecular complexity index is 984.